The Morgan fingerprint density at radius 2 is 2.00 bits per heavy atom. The quantitative estimate of drug-likeness (QED) is 0.722. The van der Waals surface area contributed by atoms with Crippen LogP contribution in [-0.4, -0.2) is 14.5 Å². The number of halogens is 1. The number of benzene rings is 1. The Labute approximate surface area is 114 Å². The van der Waals surface area contributed by atoms with Crippen LogP contribution >= 0.6 is 23.8 Å². The lowest BCUT2D eigenvalue weighted by atomic mass is 10.2. The number of fused-ring (bicyclic) bond motifs is 1. The first-order valence-corrected chi connectivity index (χ1v) is 6.29. The summed E-state index contributed by atoms with van der Waals surface area (Å²) in [4.78, 5) is 7.19. The van der Waals surface area contributed by atoms with Crippen molar-refractivity contribution in [1.82, 2.24) is 14.5 Å². The maximum absolute atomic E-state index is 6.03. The minimum atomic E-state index is 0.698. The number of hydrogen-bond donors (Lipinski definition) is 1. The highest BCUT2D eigenvalue weighted by atomic mass is 35.5. The Morgan fingerprint density at radius 3 is 2.78 bits per heavy atom. The van der Waals surface area contributed by atoms with Crippen LogP contribution in [-0.2, 0) is 6.54 Å². The molecule has 0 unspecified atom stereocenters. The molecule has 0 amide bonds. The Balaban J connectivity index is 2.14. The third-order valence-corrected chi connectivity index (χ3v) is 3.38. The van der Waals surface area contributed by atoms with Crippen molar-refractivity contribution in [2.24, 2.45) is 0 Å². The molecule has 0 radical (unpaired) electrons. The lowest BCUT2D eigenvalue weighted by Gasteiger charge is -2.04. The van der Waals surface area contributed by atoms with Crippen LogP contribution in [0.1, 0.15) is 5.56 Å². The molecular weight excluding hydrogens is 266 g/mol. The summed E-state index contributed by atoms with van der Waals surface area (Å²) >= 11 is 11.4. The Bertz CT molecular complexity index is 746. The third kappa shape index (κ3) is 2.05. The first-order valence-electron chi connectivity index (χ1n) is 5.51. The molecule has 0 aliphatic carbocycles. The number of H-pyrrole nitrogens is 1. The summed E-state index contributed by atoms with van der Waals surface area (Å²) in [5, 5.41) is 0.708. The fourth-order valence-electron chi connectivity index (χ4n) is 1.95. The second-order valence-electron chi connectivity index (χ2n) is 4.03. The van der Waals surface area contributed by atoms with Crippen LogP contribution in [0.3, 0.4) is 0 Å². The van der Waals surface area contributed by atoms with Crippen molar-refractivity contribution >= 4 is 34.9 Å². The molecule has 0 aliphatic rings. The topological polar surface area (TPSA) is 33.6 Å². The van der Waals surface area contributed by atoms with Gasteiger partial charge in [-0.2, -0.15) is 0 Å². The number of pyridine rings is 1. The van der Waals surface area contributed by atoms with Crippen LogP contribution in [0.15, 0.2) is 42.7 Å². The van der Waals surface area contributed by atoms with Crippen molar-refractivity contribution in [2.45, 2.75) is 6.54 Å². The molecule has 90 valence electrons. The van der Waals surface area contributed by atoms with Gasteiger partial charge in [-0.1, -0.05) is 11.6 Å². The zero-order valence-electron chi connectivity index (χ0n) is 9.43. The van der Waals surface area contributed by atoms with Crippen molar-refractivity contribution in [1.29, 1.82) is 0 Å². The maximum Gasteiger partial charge on any atom is 0.178 e. The lowest BCUT2D eigenvalue weighted by molar-refractivity contribution is 0.809. The number of aromatic amines is 1. The third-order valence-electron chi connectivity index (χ3n) is 2.83. The molecule has 0 aliphatic heterocycles. The summed E-state index contributed by atoms with van der Waals surface area (Å²) in [5.41, 5.74) is 3.17. The zero-order valence-corrected chi connectivity index (χ0v) is 11.0. The summed E-state index contributed by atoms with van der Waals surface area (Å²) in [6.45, 7) is 0.710. The Hall–Kier alpha value is -1.65. The number of hydrogen-bond acceptors (Lipinski definition) is 2. The van der Waals surface area contributed by atoms with E-state index in [0.717, 1.165) is 16.6 Å². The zero-order chi connectivity index (χ0) is 12.5. The molecule has 2 heterocycles. The van der Waals surface area contributed by atoms with Gasteiger partial charge < -0.3 is 9.55 Å². The summed E-state index contributed by atoms with van der Waals surface area (Å²) in [5.74, 6) is 0. The highest BCUT2D eigenvalue weighted by Gasteiger charge is 2.05. The molecular formula is C13H10ClN3S. The summed E-state index contributed by atoms with van der Waals surface area (Å²) in [6, 6.07) is 9.67. The van der Waals surface area contributed by atoms with Gasteiger partial charge in [0.2, 0.25) is 0 Å². The highest BCUT2D eigenvalue weighted by molar-refractivity contribution is 7.71. The van der Waals surface area contributed by atoms with E-state index in [-0.39, 0.29) is 0 Å². The molecule has 0 bridgehead atoms. The second-order valence-corrected chi connectivity index (χ2v) is 4.86. The van der Waals surface area contributed by atoms with Crippen molar-refractivity contribution in [2.75, 3.05) is 0 Å². The van der Waals surface area contributed by atoms with Crippen LogP contribution in [0.4, 0.5) is 0 Å². The minimum Gasteiger partial charge on any atom is -0.331 e. The molecule has 1 aromatic carbocycles. The molecule has 5 heteroatoms. The van der Waals surface area contributed by atoms with Crippen LogP contribution in [0.2, 0.25) is 5.02 Å². The highest BCUT2D eigenvalue weighted by Crippen LogP contribution is 2.20. The van der Waals surface area contributed by atoms with E-state index in [9.17, 15) is 0 Å². The van der Waals surface area contributed by atoms with E-state index in [0.29, 0.717) is 16.3 Å². The van der Waals surface area contributed by atoms with E-state index in [1.807, 2.05) is 34.9 Å². The number of rotatable bonds is 2. The lowest BCUT2D eigenvalue weighted by Crippen LogP contribution is -1.99. The molecule has 0 spiro atoms. The SMILES string of the molecule is S=c1[nH]c2ccc(Cl)cc2n1Cc1ccncc1. The second kappa shape index (κ2) is 4.55. The van der Waals surface area contributed by atoms with E-state index in [1.54, 1.807) is 12.4 Å². The predicted molar refractivity (Wildman–Crippen MR) is 75.5 cm³/mol. The van der Waals surface area contributed by atoms with Gasteiger partial charge in [0.25, 0.3) is 0 Å². The Kier molecular flexibility index (Phi) is 2.89. The van der Waals surface area contributed by atoms with Crippen LogP contribution in [0, 0.1) is 4.77 Å². The van der Waals surface area contributed by atoms with E-state index in [2.05, 4.69) is 9.97 Å². The normalized spacial score (nSPS) is 10.9. The van der Waals surface area contributed by atoms with Gasteiger partial charge in [0.05, 0.1) is 17.6 Å². The van der Waals surface area contributed by atoms with Gasteiger partial charge >= 0.3 is 0 Å². The molecule has 3 rings (SSSR count). The molecule has 1 N–H and O–H groups in total. The average molecular weight is 276 g/mol. The number of imidazole rings is 1. The molecule has 0 fully saturated rings. The van der Waals surface area contributed by atoms with Crippen molar-refractivity contribution < 1.29 is 0 Å². The molecule has 0 saturated carbocycles. The molecule has 2 aromatic heterocycles. The van der Waals surface area contributed by atoms with Crippen LogP contribution in [0.5, 0.6) is 0 Å². The monoisotopic (exact) mass is 275 g/mol. The fourth-order valence-corrected chi connectivity index (χ4v) is 2.39. The summed E-state index contributed by atoms with van der Waals surface area (Å²) in [6.07, 6.45) is 3.56. The van der Waals surface area contributed by atoms with Gasteiger partial charge in [-0.05, 0) is 48.1 Å². The largest absolute Gasteiger partial charge is 0.331 e. The number of nitrogens with zero attached hydrogens (tertiary/aromatic N) is 2. The molecule has 18 heavy (non-hydrogen) atoms. The van der Waals surface area contributed by atoms with Crippen molar-refractivity contribution in [3.8, 4) is 0 Å². The fraction of sp³-hybridized carbons (Fsp3) is 0.0769. The van der Waals surface area contributed by atoms with E-state index in [1.165, 1.54) is 0 Å². The first kappa shape index (κ1) is 11.4. The predicted octanol–water partition coefficient (Wildman–Crippen LogP) is 3.80. The van der Waals surface area contributed by atoms with E-state index < -0.39 is 0 Å². The Morgan fingerprint density at radius 1 is 1.22 bits per heavy atom. The average Bonchev–Trinajstić information content (AvgIpc) is 2.67. The van der Waals surface area contributed by atoms with Crippen LogP contribution in [0.25, 0.3) is 11.0 Å². The molecule has 0 saturated heterocycles. The summed E-state index contributed by atoms with van der Waals surface area (Å²) < 4.78 is 2.73. The maximum atomic E-state index is 6.03. The smallest absolute Gasteiger partial charge is 0.178 e. The van der Waals surface area contributed by atoms with Gasteiger partial charge in [-0.3, -0.25) is 4.98 Å². The van der Waals surface area contributed by atoms with Gasteiger partial charge in [0, 0.05) is 17.4 Å². The van der Waals surface area contributed by atoms with Gasteiger partial charge in [-0.15, -0.1) is 0 Å². The molecule has 0 atom stereocenters. The van der Waals surface area contributed by atoms with Crippen LogP contribution < -0.4 is 0 Å². The van der Waals surface area contributed by atoms with Gasteiger partial charge in [0.15, 0.2) is 4.77 Å². The van der Waals surface area contributed by atoms with Gasteiger partial charge in [-0.25, -0.2) is 0 Å². The molecule has 3 nitrogen and oxygen atoms in total. The van der Waals surface area contributed by atoms with Crippen molar-refractivity contribution in [3.63, 3.8) is 0 Å². The number of aromatic nitrogens is 3. The minimum absolute atomic E-state index is 0.698. The standard InChI is InChI=1S/C13H10ClN3S/c14-10-1-2-11-12(7-10)17(13(18)16-11)8-9-3-5-15-6-4-9/h1-7H,8H2,(H,16,18). The molecule has 3 aromatic rings. The van der Waals surface area contributed by atoms with E-state index in [4.69, 9.17) is 23.8 Å². The van der Waals surface area contributed by atoms with Crippen molar-refractivity contribution in [3.05, 3.63) is 58.1 Å². The first-order chi connectivity index (χ1) is 8.74. The number of nitrogens with one attached hydrogen (secondary N) is 1. The van der Waals surface area contributed by atoms with E-state index >= 15 is 0 Å². The summed E-state index contributed by atoms with van der Waals surface area (Å²) in [7, 11) is 0. The van der Waals surface area contributed by atoms with Gasteiger partial charge in [0.1, 0.15) is 0 Å².